The van der Waals surface area contributed by atoms with E-state index in [0.717, 1.165) is 5.69 Å². The second-order valence-corrected chi connectivity index (χ2v) is 2.77. The number of anilines is 1. The summed E-state index contributed by atoms with van der Waals surface area (Å²) in [4.78, 5) is 13.7. The Morgan fingerprint density at radius 2 is 2.64 bits per heavy atom. The van der Waals surface area contributed by atoms with Crippen LogP contribution in [0.5, 0.6) is 0 Å². The van der Waals surface area contributed by atoms with Gasteiger partial charge in [0, 0.05) is 6.42 Å². The molecule has 0 radical (unpaired) electrons. The predicted molar refractivity (Wildman–Crippen MR) is 42.2 cm³/mol. The topological polar surface area (TPSA) is 65.2 Å². The highest BCUT2D eigenvalue weighted by atomic mass is 32.1. The van der Waals surface area contributed by atoms with Crippen LogP contribution in [-0.4, -0.2) is 18.1 Å². The van der Waals surface area contributed by atoms with E-state index in [9.17, 15) is 4.79 Å². The molecule has 0 spiro atoms. The molecule has 0 saturated heterocycles. The van der Waals surface area contributed by atoms with Gasteiger partial charge in [0.2, 0.25) is 0 Å². The summed E-state index contributed by atoms with van der Waals surface area (Å²) in [6.07, 6.45) is 0.591. The molecule has 4 nitrogen and oxygen atoms in total. The number of nitrogens with two attached hydrogens (primary N) is 1. The van der Waals surface area contributed by atoms with Crippen LogP contribution < -0.4 is 5.73 Å². The smallest absolute Gasteiger partial charge is 0.293 e. The molecule has 1 rings (SSSR count). The Morgan fingerprint density at radius 1 is 1.82 bits per heavy atom. The van der Waals surface area contributed by atoms with Crippen molar-refractivity contribution in [1.29, 1.82) is 0 Å². The average molecular weight is 172 g/mol. The molecule has 0 aliphatic rings. The average Bonchev–Trinajstić information content (AvgIpc) is 2.37. The summed E-state index contributed by atoms with van der Waals surface area (Å²) < 4.78 is 4.49. The third kappa shape index (κ3) is 2.19. The van der Waals surface area contributed by atoms with E-state index in [1.54, 1.807) is 5.51 Å². The Labute approximate surface area is 68.0 Å². The zero-order chi connectivity index (χ0) is 8.10. The Bertz CT molecular complexity index is 236. The van der Waals surface area contributed by atoms with Crippen LogP contribution in [0.4, 0.5) is 5.00 Å². The molecule has 2 N–H and O–H groups in total. The van der Waals surface area contributed by atoms with E-state index in [2.05, 4.69) is 9.72 Å². The summed E-state index contributed by atoms with van der Waals surface area (Å²) in [7, 11) is 0. The van der Waals surface area contributed by atoms with E-state index in [1.165, 1.54) is 11.3 Å². The largest absolute Gasteiger partial charge is 0.467 e. The van der Waals surface area contributed by atoms with Crippen LogP contribution in [0.15, 0.2) is 5.51 Å². The Hall–Kier alpha value is -1.10. The monoisotopic (exact) mass is 172 g/mol. The van der Waals surface area contributed by atoms with E-state index in [4.69, 9.17) is 5.73 Å². The molecule has 0 bridgehead atoms. The number of ether oxygens (including phenoxy) is 1. The number of carbonyl (C=O) groups is 1. The van der Waals surface area contributed by atoms with E-state index < -0.39 is 0 Å². The highest BCUT2D eigenvalue weighted by molar-refractivity contribution is 7.13. The van der Waals surface area contributed by atoms with Crippen molar-refractivity contribution in [2.45, 2.75) is 6.42 Å². The maximum absolute atomic E-state index is 9.75. The summed E-state index contributed by atoms with van der Waals surface area (Å²) in [6, 6.07) is 0. The van der Waals surface area contributed by atoms with Crippen LogP contribution in [0.1, 0.15) is 5.69 Å². The van der Waals surface area contributed by atoms with E-state index in [1.807, 2.05) is 0 Å². The number of thiazole rings is 1. The minimum absolute atomic E-state index is 0.345. The van der Waals surface area contributed by atoms with Crippen LogP contribution in [0.2, 0.25) is 0 Å². The van der Waals surface area contributed by atoms with Crippen molar-refractivity contribution in [2.75, 3.05) is 12.3 Å². The summed E-state index contributed by atoms with van der Waals surface area (Å²) in [5.74, 6) is 0. The van der Waals surface area contributed by atoms with Crippen LogP contribution in [-0.2, 0) is 16.0 Å². The van der Waals surface area contributed by atoms with Gasteiger partial charge in [-0.25, -0.2) is 4.98 Å². The van der Waals surface area contributed by atoms with Crippen molar-refractivity contribution in [3.05, 3.63) is 11.2 Å². The maximum Gasteiger partial charge on any atom is 0.293 e. The first-order chi connectivity index (χ1) is 5.34. The normalized spacial score (nSPS) is 9.45. The molecule has 0 fully saturated rings. The molecule has 0 aliphatic carbocycles. The van der Waals surface area contributed by atoms with Crippen molar-refractivity contribution in [2.24, 2.45) is 0 Å². The summed E-state index contributed by atoms with van der Waals surface area (Å²) in [5, 5.41) is 0.694. The molecule has 5 heteroatoms. The molecule has 0 unspecified atom stereocenters. The van der Waals surface area contributed by atoms with Crippen LogP contribution >= 0.6 is 11.3 Å². The zero-order valence-corrected chi connectivity index (χ0v) is 6.63. The number of aromatic nitrogens is 1. The highest BCUT2D eigenvalue weighted by Crippen LogP contribution is 2.15. The van der Waals surface area contributed by atoms with E-state index >= 15 is 0 Å². The standard InChI is InChI=1S/C6H8N2O2S/c7-6-5(8-3-11-6)1-2-10-4-9/h3-4H,1-2,7H2. The van der Waals surface area contributed by atoms with Crippen molar-refractivity contribution in [1.82, 2.24) is 4.98 Å². The lowest BCUT2D eigenvalue weighted by Gasteiger charge is -1.95. The van der Waals surface area contributed by atoms with Crippen LogP contribution in [0.25, 0.3) is 0 Å². The lowest BCUT2D eigenvalue weighted by atomic mass is 10.3. The van der Waals surface area contributed by atoms with Gasteiger partial charge in [-0.3, -0.25) is 4.79 Å². The summed E-state index contributed by atoms with van der Waals surface area (Å²) >= 11 is 1.39. The van der Waals surface area contributed by atoms with Gasteiger partial charge in [-0.1, -0.05) is 0 Å². The third-order valence-corrected chi connectivity index (χ3v) is 1.90. The van der Waals surface area contributed by atoms with Gasteiger partial charge in [0.05, 0.1) is 17.8 Å². The van der Waals surface area contributed by atoms with Crippen LogP contribution in [0, 0.1) is 0 Å². The second-order valence-electron chi connectivity index (χ2n) is 1.88. The zero-order valence-electron chi connectivity index (χ0n) is 5.82. The fourth-order valence-corrected chi connectivity index (χ4v) is 1.25. The van der Waals surface area contributed by atoms with Crippen LogP contribution in [0.3, 0.4) is 0 Å². The van der Waals surface area contributed by atoms with Crippen molar-refractivity contribution >= 4 is 22.8 Å². The summed E-state index contributed by atoms with van der Waals surface area (Å²) in [6.45, 7) is 0.764. The quantitative estimate of drug-likeness (QED) is 0.528. The first kappa shape index (κ1) is 8.00. The number of rotatable bonds is 4. The first-order valence-corrected chi connectivity index (χ1v) is 3.95. The number of hydrogen-bond acceptors (Lipinski definition) is 5. The molecule has 0 atom stereocenters. The number of nitrogen functional groups attached to an aromatic ring is 1. The minimum atomic E-state index is 0.345. The molecular formula is C6H8N2O2S. The van der Waals surface area contributed by atoms with Gasteiger partial charge in [-0.05, 0) is 0 Å². The second kappa shape index (κ2) is 3.92. The van der Waals surface area contributed by atoms with Gasteiger partial charge >= 0.3 is 0 Å². The maximum atomic E-state index is 9.75. The fourth-order valence-electron chi connectivity index (χ4n) is 0.670. The first-order valence-electron chi connectivity index (χ1n) is 3.07. The summed E-state index contributed by atoms with van der Waals surface area (Å²) in [5.41, 5.74) is 8.01. The van der Waals surface area contributed by atoms with Gasteiger partial charge in [-0.2, -0.15) is 0 Å². The molecule has 0 amide bonds. The van der Waals surface area contributed by atoms with E-state index in [-0.39, 0.29) is 0 Å². The molecule has 0 aromatic carbocycles. The minimum Gasteiger partial charge on any atom is -0.467 e. The molecule has 1 heterocycles. The van der Waals surface area contributed by atoms with Crippen molar-refractivity contribution < 1.29 is 9.53 Å². The molecule has 1 aromatic heterocycles. The predicted octanol–water partition coefficient (Wildman–Crippen LogP) is 0.441. The Kier molecular flexibility index (Phi) is 2.85. The molecule has 11 heavy (non-hydrogen) atoms. The molecule has 0 aliphatic heterocycles. The number of carbonyl (C=O) groups excluding carboxylic acids is 1. The Morgan fingerprint density at radius 3 is 3.18 bits per heavy atom. The third-order valence-electron chi connectivity index (χ3n) is 1.20. The fraction of sp³-hybridized carbons (Fsp3) is 0.333. The van der Waals surface area contributed by atoms with Gasteiger partial charge in [-0.15, -0.1) is 11.3 Å². The lowest BCUT2D eigenvalue weighted by Crippen LogP contribution is -1.99. The van der Waals surface area contributed by atoms with Crippen molar-refractivity contribution in [3.63, 3.8) is 0 Å². The Balaban J connectivity index is 2.38. The highest BCUT2D eigenvalue weighted by Gasteiger charge is 2.00. The van der Waals surface area contributed by atoms with Gasteiger partial charge < -0.3 is 10.5 Å². The lowest BCUT2D eigenvalue weighted by molar-refractivity contribution is -0.128. The molecule has 0 saturated carbocycles. The van der Waals surface area contributed by atoms with Gasteiger partial charge in [0.25, 0.3) is 6.47 Å². The molecular weight excluding hydrogens is 164 g/mol. The number of nitrogens with zero attached hydrogens (tertiary/aromatic N) is 1. The van der Waals surface area contributed by atoms with Crippen molar-refractivity contribution in [3.8, 4) is 0 Å². The molecule has 60 valence electrons. The SMILES string of the molecule is Nc1scnc1CCOC=O. The van der Waals surface area contributed by atoms with Gasteiger partial charge in [0.1, 0.15) is 5.00 Å². The molecule has 1 aromatic rings. The van der Waals surface area contributed by atoms with E-state index in [0.29, 0.717) is 24.5 Å². The van der Waals surface area contributed by atoms with Gasteiger partial charge in [0.15, 0.2) is 0 Å². The number of hydrogen-bond donors (Lipinski definition) is 1.